The van der Waals surface area contributed by atoms with Gasteiger partial charge in [0, 0.05) is 5.75 Å². The maximum Gasteiger partial charge on any atom is 0.335 e. The van der Waals surface area contributed by atoms with Gasteiger partial charge < -0.3 is 19.0 Å². The van der Waals surface area contributed by atoms with Gasteiger partial charge in [-0.1, -0.05) is 30.0 Å². The zero-order valence-electron chi connectivity index (χ0n) is 17.7. The van der Waals surface area contributed by atoms with E-state index in [9.17, 15) is 4.79 Å². The first kappa shape index (κ1) is 21.5. The van der Waals surface area contributed by atoms with Crippen molar-refractivity contribution in [3.8, 4) is 28.8 Å². The lowest BCUT2D eigenvalue weighted by Crippen LogP contribution is -2.04. The fraction of sp³-hybridized carbons (Fsp3) is 0.174. The fourth-order valence-corrected chi connectivity index (χ4v) is 4.12. The Morgan fingerprint density at radius 3 is 2.28 bits per heavy atom. The average Bonchev–Trinajstić information content (AvgIpc) is 3.43. The van der Waals surface area contributed by atoms with Crippen LogP contribution in [0.15, 0.2) is 64.2 Å². The van der Waals surface area contributed by atoms with Crippen LogP contribution in [-0.4, -0.2) is 40.1 Å². The molecule has 0 aliphatic heterocycles. The Balaban J connectivity index is 1.77. The molecule has 0 saturated heterocycles. The van der Waals surface area contributed by atoms with Crippen LogP contribution in [0, 0.1) is 6.92 Å². The number of aromatic carboxylic acids is 1. The van der Waals surface area contributed by atoms with Crippen LogP contribution >= 0.6 is 11.8 Å². The number of nitrogens with zero attached hydrogens (tertiary/aromatic N) is 3. The molecule has 0 radical (unpaired) electrons. The number of aryl methyl sites for hydroxylation is 1. The molecule has 1 N–H and O–H groups in total. The molecule has 2 aromatic carbocycles. The van der Waals surface area contributed by atoms with Crippen LogP contribution in [0.25, 0.3) is 17.3 Å². The lowest BCUT2D eigenvalue weighted by molar-refractivity contribution is 0.0697. The Labute approximate surface area is 188 Å². The number of furan rings is 1. The van der Waals surface area contributed by atoms with Crippen molar-refractivity contribution in [2.75, 3.05) is 14.2 Å². The predicted octanol–water partition coefficient (Wildman–Crippen LogP) is 4.84. The number of thioether (sulfide) groups is 1. The number of carboxylic acids is 1. The first-order chi connectivity index (χ1) is 15.5. The number of hydrogen-bond donors (Lipinski definition) is 1. The first-order valence-corrected chi connectivity index (χ1v) is 10.7. The average molecular weight is 452 g/mol. The molecule has 0 aliphatic carbocycles. The number of para-hydroxylation sites is 1. The van der Waals surface area contributed by atoms with E-state index in [1.54, 1.807) is 38.5 Å². The second-order valence-corrected chi connectivity index (χ2v) is 7.80. The summed E-state index contributed by atoms with van der Waals surface area (Å²) < 4.78 is 18.9. The van der Waals surface area contributed by atoms with E-state index < -0.39 is 5.97 Å². The second kappa shape index (κ2) is 9.19. The molecular weight excluding hydrogens is 430 g/mol. The van der Waals surface area contributed by atoms with Gasteiger partial charge in [-0.3, -0.25) is 4.57 Å². The maximum absolute atomic E-state index is 11.1. The zero-order chi connectivity index (χ0) is 22.7. The van der Waals surface area contributed by atoms with E-state index in [0.717, 1.165) is 11.3 Å². The third-order valence-corrected chi connectivity index (χ3v) is 5.79. The number of carboxylic acid groups (broad SMARTS) is 1. The number of hydrogen-bond acceptors (Lipinski definition) is 7. The van der Waals surface area contributed by atoms with Crippen molar-refractivity contribution in [1.82, 2.24) is 14.8 Å². The van der Waals surface area contributed by atoms with Crippen molar-refractivity contribution in [2.24, 2.45) is 0 Å². The van der Waals surface area contributed by atoms with E-state index in [1.807, 2.05) is 41.8 Å². The summed E-state index contributed by atoms with van der Waals surface area (Å²) in [7, 11) is 3.19. The molecule has 0 fully saturated rings. The van der Waals surface area contributed by atoms with Crippen molar-refractivity contribution in [1.29, 1.82) is 0 Å². The smallest absolute Gasteiger partial charge is 0.335 e. The molecule has 4 rings (SSSR count). The minimum atomic E-state index is -0.953. The van der Waals surface area contributed by atoms with Crippen LogP contribution in [0.1, 0.15) is 21.7 Å². The summed E-state index contributed by atoms with van der Waals surface area (Å²) >= 11 is 1.46. The lowest BCUT2D eigenvalue weighted by atomic mass is 10.1. The second-order valence-electron chi connectivity index (χ2n) is 6.85. The van der Waals surface area contributed by atoms with Gasteiger partial charge in [-0.25, -0.2) is 4.79 Å². The van der Waals surface area contributed by atoms with E-state index in [1.165, 1.54) is 11.8 Å². The summed E-state index contributed by atoms with van der Waals surface area (Å²) in [4.78, 5) is 11.1. The van der Waals surface area contributed by atoms with E-state index in [2.05, 4.69) is 10.2 Å². The van der Waals surface area contributed by atoms with Gasteiger partial charge in [0.25, 0.3) is 0 Å². The SMILES string of the molecule is COc1cccc(OC)c1-n1c(SCc2ccc(C(=O)O)cc2)nnc1-c1ccc(C)o1. The quantitative estimate of drug-likeness (QED) is 0.380. The Morgan fingerprint density at radius 1 is 1.03 bits per heavy atom. The van der Waals surface area contributed by atoms with Gasteiger partial charge in [0.05, 0.1) is 19.8 Å². The number of ether oxygens (including phenoxy) is 2. The topological polar surface area (TPSA) is 99.6 Å². The molecule has 0 saturated carbocycles. The molecule has 8 nitrogen and oxygen atoms in total. The highest BCUT2D eigenvalue weighted by molar-refractivity contribution is 7.98. The third kappa shape index (κ3) is 4.19. The first-order valence-electron chi connectivity index (χ1n) is 9.70. The number of carbonyl (C=O) groups is 1. The maximum atomic E-state index is 11.1. The van der Waals surface area contributed by atoms with Gasteiger partial charge in [0.15, 0.2) is 10.9 Å². The van der Waals surface area contributed by atoms with Gasteiger partial charge in [0.1, 0.15) is 22.9 Å². The standard InChI is InChI=1S/C23H21N3O5S/c1-14-7-12-19(31-14)21-24-25-23(32-13-15-8-10-16(11-9-15)22(27)28)26(21)20-17(29-2)5-4-6-18(20)30-3/h4-12H,13H2,1-3H3,(H,27,28). The number of benzene rings is 2. The normalized spacial score (nSPS) is 10.8. The highest BCUT2D eigenvalue weighted by Crippen LogP contribution is 2.39. The lowest BCUT2D eigenvalue weighted by Gasteiger charge is -2.16. The van der Waals surface area contributed by atoms with Crippen LogP contribution in [-0.2, 0) is 5.75 Å². The molecule has 2 aromatic heterocycles. The zero-order valence-corrected chi connectivity index (χ0v) is 18.5. The van der Waals surface area contributed by atoms with Crippen LogP contribution in [0.3, 0.4) is 0 Å². The van der Waals surface area contributed by atoms with Crippen LogP contribution < -0.4 is 9.47 Å². The molecule has 0 spiro atoms. The van der Waals surface area contributed by atoms with E-state index >= 15 is 0 Å². The van der Waals surface area contributed by atoms with Crippen molar-refractivity contribution in [3.05, 3.63) is 71.5 Å². The number of methoxy groups -OCH3 is 2. The summed E-state index contributed by atoms with van der Waals surface area (Å²) in [5, 5.41) is 18.5. The Bertz CT molecular complexity index is 1220. The molecule has 9 heteroatoms. The summed E-state index contributed by atoms with van der Waals surface area (Å²) in [5.41, 5.74) is 1.86. The summed E-state index contributed by atoms with van der Waals surface area (Å²) in [5.74, 6) is 2.65. The third-order valence-electron chi connectivity index (χ3n) is 4.79. The largest absolute Gasteiger partial charge is 0.494 e. The molecule has 0 atom stereocenters. The molecule has 0 bridgehead atoms. The van der Waals surface area contributed by atoms with E-state index in [-0.39, 0.29) is 5.56 Å². The molecular formula is C23H21N3O5S. The fourth-order valence-electron chi connectivity index (χ4n) is 3.22. The molecule has 32 heavy (non-hydrogen) atoms. The Hall–Kier alpha value is -3.72. The van der Waals surface area contributed by atoms with Crippen molar-refractivity contribution in [2.45, 2.75) is 17.8 Å². The molecule has 164 valence electrons. The predicted molar refractivity (Wildman–Crippen MR) is 120 cm³/mol. The number of rotatable bonds is 8. The van der Waals surface area contributed by atoms with E-state index in [4.69, 9.17) is 19.0 Å². The summed E-state index contributed by atoms with van der Waals surface area (Å²) in [6, 6.07) is 16.0. The van der Waals surface area contributed by atoms with Gasteiger partial charge in [0.2, 0.25) is 5.82 Å². The summed E-state index contributed by atoms with van der Waals surface area (Å²) in [6.45, 7) is 1.87. The molecule has 0 unspecified atom stereocenters. The van der Waals surface area contributed by atoms with Crippen LogP contribution in [0.2, 0.25) is 0 Å². The van der Waals surface area contributed by atoms with Gasteiger partial charge in [-0.05, 0) is 48.9 Å². The highest BCUT2D eigenvalue weighted by Gasteiger charge is 2.24. The molecule has 0 amide bonds. The summed E-state index contributed by atoms with van der Waals surface area (Å²) in [6.07, 6.45) is 0. The highest BCUT2D eigenvalue weighted by atomic mass is 32.2. The van der Waals surface area contributed by atoms with Crippen molar-refractivity contribution < 1.29 is 23.8 Å². The van der Waals surface area contributed by atoms with Crippen molar-refractivity contribution >= 4 is 17.7 Å². The van der Waals surface area contributed by atoms with Crippen LogP contribution in [0.5, 0.6) is 11.5 Å². The van der Waals surface area contributed by atoms with Gasteiger partial charge >= 0.3 is 5.97 Å². The number of aromatic nitrogens is 3. The van der Waals surface area contributed by atoms with E-state index in [0.29, 0.717) is 39.7 Å². The molecule has 2 heterocycles. The van der Waals surface area contributed by atoms with Crippen LogP contribution in [0.4, 0.5) is 0 Å². The molecule has 0 aliphatic rings. The monoisotopic (exact) mass is 451 g/mol. The minimum Gasteiger partial charge on any atom is -0.494 e. The molecule has 4 aromatic rings. The Morgan fingerprint density at radius 2 is 1.72 bits per heavy atom. The van der Waals surface area contributed by atoms with Gasteiger partial charge in [-0.15, -0.1) is 10.2 Å². The Kier molecular flexibility index (Phi) is 6.18. The van der Waals surface area contributed by atoms with Crippen molar-refractivity contribution in [3.63, 3.8) is 0 Å². The minimum absolute atomic E-state index is 0.246. The van der Waals surface area contributed by atoms with Gasteiger partial charge in [-0.2, -0.15) is 0 Å².